The quantitative estimate of drug-likeness (QED) is 0.172. The van der Waals surface area contributed by atoms with Crippen molar-refractivity contribution in [2.75, 3.05) is 9.80 Å². The standard InChI is InChI=1S/C49H40N6/c1-33-27-34(2)49(35(3)28-33)53(40-24-25-43-42-17-6-9-20-46(42)55(47(43)30-40)48-21-10-11-26-50-48)39-16-12-15-38(29-39)52-32-41(31-51-52)54-44-18-7-4-13-36(44)22-23-37-14-5-8-19-45(37)54/h4-21,24-32H,22-23H2,1-3H3. The van der Waals surface area contributed by atoms with Crippen molar-refractivity contribution >= 4 is 55.9 Å². The molecule has 9 aromatic rings. The molecule has 0 unspecified atom stereocenters. The number of aryl methyl sites for hydroxylation is 5. The Morgan fingerprint density at radius 3 is 1.98 bits per heavy atom. The van der Waals surface area contributed by atoms with E-state index in [1.165, 1.54) is 55.7 Å². The number of aromatic nitrogens is 4. The first-order valence-corrected chi connectivity index (χ1v) is 19.0. The molecule has 0 bridgehead atoms. The van der Waals surface area contributed by atoms with Gasteiger partial charge in [0, 0.05) is 39.7 Å². The normalized spacial score (nSPS) is 12.5. The number of para-hydroxylation sites is 3. The van der Waals surface area contributed by atoms with Crippen molar-refractivity contribution in [1.82, 2.24) is 19.3 Å². The van der Waals surface area contributed by atoms with Crippen LogP contribution < -0.4 is 9.80 Å². The van der Waals surface area contributed by atoms with Crippen LogP contribution in [0.4, 0.5) is 34.1 Å². The number of anilines is 6. The van der Waals surface area contributed by atoms with Crippen molar-refractivity contribution in [3.63, 3.8) is 0 Å². The predicted octanol–water partition coefficient (Wildman–Crippen LogP) is 12.3. The molecule has 266 valence electrons. The van der Waals surface area contributed by atoms with Crippen molar-refractivity contribution in [2.24, 2.45) is 0 Å². The Balaban J connectivity index is 1.13. The van der Waals surface area contributed by atoms with Crippen molar-refractivity contribution in [3.05, 3.63) is 192 Å². The van der Waals surface area contributed by atoms with Crippen LogP contribution in [0.1, 0.15) is 27.8 Å². The Hall–Kier alpha value is -6.92. The number of hydrogen-bond acceptors (Lipinski definition) is 4. The minimum Gasteiger partial charge on any atom is -0.310 e. The fraction of sp³-hybridized carbons (Fsp3) is 0.102. The zero-order valence-electron chi connectivity index (χ0n) is 31.2. The van der Waals surface area contributed by atoms with E-state index in [0.717, 1.165) is 52.4 Å². The highest BCUT2D eigenvalue weighted by Crippen LogP contribution is 2.44. The van der Waals surface area contributed by atoms with Gasteiger partial charge in [-0.3, -0.25) is 4.57 Å². The molecule has 0 saturated carbocycles. The van der Waals surface area contributed by atoms with E-state index in [1.54, 1.807) is 0 Å². The topological polar surface area (TPSA) is 42.1 Å². The minimum atomic E-state index is 0.895. The maximum atomic E-state index is 4.99. The number of benzene rings is 6. The molecule has 0 radical (unpaired) electrons. The Labute approximate surface area is 321 Å². The van der Waals surface area contributed by atoms with Gasteiger partial charge in [-0.05, 0) is 117 Å². The molecule has 0 fully saturated rings. The van der Waals surface area contributed by atoms with Crippen LogP contribution in [0, 0.1) is 20.8 Å². The number of rotatable bonds is 6. The third kappa shape index (κ3) is 5.57. The van der Waals surface area contributed by atoms with Crippen molar-refractivity contribution < 1.29 is 0 Å². The molecular weight excluding hydrogens is 673 g/mol. The monoisotopic (exact) mass is 712 g/mol. The van der Waals surface area contributed by atoms with Crippen LogP contribution in [0.25, 0.3) is 33.3 Å². The summed E-state index contributed by atoms with van der Waals surface area (Å²) in [4.78, 5) is 9.57. The summed E-state index contributed by atoms with van der Waals surface area (Å²) < 4.78 is 4.28. The molecular formula is C49H40N6. The number of nitrogens with zero attached hydrogens (tertiary/aromatic N) is 6. The lowest BCUT2D eigenvalue weighted by Gasteiger charge is -2.29. The number of hydrogen-bond donors (Lipinski definition) is 0. The van der Waals surface area contributed by atoms with Crippen LogP contribution in [-0.2, 0) is 12.8 Å². The highest BCUT2D eigenvalue weighted by atomic mass is 15.3. The van der Waals surface area contributed by atoms with E-state index in [1.807, 2.05) is 23.1 Å². The van der Waals surface area contributed by atoms with Gasteiger partial charge in [-0.15, -0.1) is 0 Å². The molecule has 6 aromatic carbocycles. The van der Waals surface area contributed by atoms with Crippen molar-refractivity contribution in [3.8, 4) is 11.5 Å². The van der Waals surface area contributed by atoms with E-state index in [2.05, 4.69) is 181 Å². The summed E-state index contributed by atoms with van der Waals surface area (Å²) in [6.07, 6.45) is 8.01. The zero-order valence-corrected chi connectivity index (χ0v) is 31.2. The maximum absolute atomic E-state index is 4.99. The fourth-order valence-corrected chi connectivity index (χ4v) is 8.67. The SMILES string of the molecule is Cc1cc(C)c(N(c2cccc(-n3cc(N4c5ccccc5CCc5ccccc54)cn3)c2)c2ccc3c4ccccc4n(-c4ccccn4)c3c2)c(C)c1. The Kier molecular flexibility index (Phi) is 7.84. The summed E-state index contributed by atoms with van der Waals surface area (Å²) in [5, 5.41) is 7.38. The Morgan fingerprint density at radius 2 is 1.24 bits per heavy atom. The molecule has 10 rings (SSSR count). The lowest BCUT2D eigenvalue weighted by molar-refractivity contribution is 0.880. The van der Waals surface area contributed by atoms with Gasteiger partial charge in [0.05, 0.1) is 40.5 Å². The van der Waals surface area contributed by atoms with Crippen LogP contribution in [0.15, 0.2) is 164 Å². The number of fused-ring (bicyclic) bond motifs is 5. The first-order chi connectivity index (χ1) is 27.0. The molecule has 4 heterocycles. The molecule has 3 aromatic heterocycles. The highest BCUT2D eigenvalue weighted by Gasteiger charge is 2.24. The van der Waals surface area contributed by atoms with Crippen LogP contribution >= 0.6 is 0 Å². The second kappa shape index (κ2) is 13.2. The third-order valence-electron chi connectivity index (χ3n) is 11.0. The van der Waals surface area contributed by atoms with Crippen LogP contribution in [-0.4, -0.2) is 19.3 Å². The lowest BCUT2D eigenvalue weighted by atomic mass is 10.0. The van der Waals surface area contributed by atoms with E-state index in [4.69, 9.17) is 10.1 Å². The zero-order chi connectivity index (χ0) is 37.0. The highest BCUT2D eigenvalue weighted by molar-refractivity contribution is 6.10. The van der Waals surface area contributed by atoms with Crippen molar-refractivity contribution in [2.45, 2.75) is 33.6 Å². The van der Waals surface area contributed by atoms with Gasteiger partial charge < -0.3 is 9.80 Å². The first kappa shape index (κ1) is 32.7. The maximum Gasteiger partial charge on any atom is 0.137 e. The third-order valence-corrected chi connectivity index (χ3v) is 11.0. The summed E-state index contributed by atoms with van der Waals surface area (Å²) in [5.74, 6) is 0.895. The van der Waals surface area contributed by atoms with Crippen molar-refractivity contribution in [1.29, 1.82) is 0 Å². The molecule has 0 aliphatic carbocycles. The van der Waals surface area contributed by atoms with E-state index in [0.29, 0.717) is 0 Å². The molecule has 0 saturated heterocycles. The summed E-state index contributed by atoms with van der Waals surface area (Å²) in [6.45, 7) is 6.60. The van der Waals surface area contributed by atoms with Gasteiger partial charge in [-0.25, -0.2) is 9.67 Å². The first-order valence-electron chi connectivity index (χ1n) is 19.0. The molecule has 1 aliphatic rings. The average Bonchev–Trinajstić information content (AvgIpc) is 3.78. The second-order valence-electron chi connectivity index (χ2n) is 14.6. The summed E-state index contributed by atoms with van der Waals surface area (Å²) >= 11 is 0. The summed E-state index contributed by atoms with van der Waals surface area (Å²) in [7, 11) is 0. The van der Waals surface area contributed by atoms with Gasteiger partial charge in [0.2, 0.25) is 0 Å². The molecule has 0 N–H and O–H groups in total. The lowest BCUT2D eigenvalue weighted by Crippen LogP contribution is -2.14. The summed E-state index contributed by atoms with van der Waals surface area (Å²) in [6, 6.07) is 52.3. The van der Waals surface area contributed by atoms with Gasteiger partial charge >= 0.3 is 0 Å². The smallest absolute Gasteiger partial charge is 0.137 e. The Morgan fingerprint density at radius 1 is 0.564 bits per heavy atom. The molecule has 0 atom stereocenters. The number of pyridine rings is 1. The van der Waals surface area contributed by atoms with Gasteiger partial charge in [-0.1, -0.05) is 90.5 Å². The predicted molar refractivity (Wildman–Crippen MR) is 227 cm³/mol. The molecule has 6 nitrogen and oxygen atoms in total. The van der Waals surface area contributed by atoms with Crippen LogP contribution in [0.2, 0.25) is 0 Å². The van der Waals surface area contributed by atoms with E-state index in [9.17, 15) is 0 Å². The van der Waals surface area contributed by atoms with E-state index in [-0.39, 0.29) is 0 Å². The minimum absolute atomic E-state index is 0.895. The van der Waals surface area contributed by atoms with Gasteiger partial charge in [-0.2, -0.15) is 5.10 Å². The van der Waals surface area contributed by atoms with Crippen LogP contribution in [0.5, 0.6) is 0 Å². The van der Waals surface area contributed by atoms with Gasteiger partial charge in [0.15, 0.2) is 0 Å². The van der Waals surface area contributed by atoms with Gasteiger partial charge in [0.1, 0.15) is 5.82 Å². The fourth-order valence-electron chi connectivity index (χ4n) is 8.67. The van der Waals surface area contributed by atoms with E-state index >= 15 is 0 Å². The molecule has 6 heteroatoms. The average molecular weight is 713 g/mol. The summed E-state index contributed by atoms with van der Waals surface area (Å²) in [5.41, 5.74) is 16.3. The molecule has 0 spiro atoms. The van der Waals surface area contributed by atoms with Crippen LogP contribution in [0.3, 0.4) is 0 Å². The van der Waals surface area contributed by atoms with Gasteiger partial charge in [0.25, 0.3) is 0 Å². The van der Waals surface area contributed by atoms with E-state index < -0.39 is 0 Å². The Bertz CT molecular complexity index is 2810. The second-order valence-corrected chi connectivity index (χ2v) is 14.6. The molecule has 1 aliphatic heterocycles. The molecule has 55 heavy (non-hydrogen) atoms. The molecule has 0 amide bonds. The largest absolute Gasteiger partial charge is 0.310 e.